The van der Waals surface area contributed by atoms with E-state index in [0.717, 1.165) is 19.1 Å². The fraction of sp³-hybridized carbons (Fsp3) is 0.615. The van der Waals surface area contributed by atoms with Crippen molar-refractivity contribution in [3.63, 3.8) is 0 Å². The molecule has 4 N–H and O–H groups in total. The molecule has 1 amide bonds. The summed E-state index contributed by atoms with van der Waals surface area (Å²) in [6.07, 6.45) is 2.57. The van der Waals surface area contributed by atoms with Gasteiger partial charge in [0.2, 0.25) is 10.0 Å². The highest BCUT2D eigenvalue weighted by Crippen LogP contribution is 2.11. The minimum Gasteiger partial charge on any atom is -0.455 e. The maximum atomic E-state index is 11.9. The number of furan rings is 1. The summed E-state index contributed by atoms with van der Waals surface area (Å²) in [5.41, 5.74) is 5.67. The smallest absolute Gasteiger partial charge is 0.287 e. The number of sulfonamides is 1. The number of carbonyl (C=O) groups excluding carboxylic acids is 1. The van der Waals surface area contributed by atoms with Gasteiger partial charge >= 0.3 is 0 Å². The average molecular weight is 317 g/mol. The van der Waals surface area contributed by atoms with Gasteiger partial charge < -0.3 is 15.5 Å². The summed E-state index contributed by atoms with van der Waals surface area (Å²) in [7, 11) is -3.30. The van der Waals surface area contributed by atoms with Gasteiger partial charge in [0.1, 0.15) is 5.76 Å². The Kier molecular flexibility index (Phi) is 5.94. The van der Waals surface area contributed by atoms with Gasteiger partial charge in [-0.2, -0.15) is 0 Å². The van der Waals surface area contributed by atoms with Crippen molar-refractivity contribution in [2.75, 3.05) is 12.8 Å². The lowest BCUT2D eigenvalue weighted by atomic mass is 9.94. The molecule has 7 nitrogen and oxygen atoms in total. The second kappa shape index (κ2) is 7.06. The van der Waals surface area contributed by atoms with E-state index in [1.54, 1.807) is 6.07 Å². The van der Waals surface area contributed by atoms with Gasteiger partial charge in [-0.25, -0.2) is 13.1 Å². The van der Waals surface area contributed by atoms with Gasteiger partial charge in [0.15, 0.2) is 5.76 Å². The Morgan fingerprint density at radius 1 is 1.33 bits per heavy atom. The lowest BCUT2D eigenvalue weighted by Gasteiger charge is -2.26. The van der Waals surface area contributed by atoms with Gasteiger partial charge in [0.05, 0.1) is 12.8 Å². The number of rotatable bonds is 8. The lowest BCUT2D eigenvalue weighted by molar-refractivity contribution is 0.0912. The first-order chi connectivity index (χ1) is 9.69. The van der Waals surface area contributed by atoms with E-state index in [9.17, 15) is 13.2 Å². The van der Waals surface area contributed by atoms with Crippen molar-refractivity contribution in [1.29, 1.82) is 0 Å². The van der Waals surface area contributed by atoms with Crippen LogP contribution in [0.5, 0.6) is 0 Å². The summed E-state index contributed by atoms with van der Waals surface area (Å²) < 4.78 is 29.5. The average Bonchev–Trinajstić information content (AvgIpc) is 2.90. The van der Waals surface area contributed by atoms with Crippen molar-refractivity contribution in [2.45, 2.75) is 38.8 Å². The van der Waals surface area contributed by atoms with Crippen LogP contribution in [0.15, 0.2) is 16.5 Å². The van der Waals surface area contributed by atoms with Crippen LogP contribution in [0, 0.1) is 0 Å². The van der Waals surface area contributed by atoms with Crippen LogP contribution in [0.2, 0.25) is 0 Å². The molecule has 0 aromatic carbocycles. The largest absolute Gasteiger partial charge is 0.455 e. The summed E-state index contributed by atoms with van der Waals surface area (Å²) in [4.78, 5) is 11.9. The molecule has 0 saturated heterocycles. The lowest BCUT2D eigenvalue weighted by Crippen LogP contribution is -2.49. The van der Waals surface area contributed by atoms with E-state index in [-0.39, 0.29) is 18.2 Å². The molecule has 1 heterocycles. The summed E-state index contributed by atoms with van der Waals surface area (Å²) in [6, 6.07) is 3.06. The zero-order chi connectivity index (χ0) is 16.1. The fourth-order valence-corrected chi connectivity index (χ4v) is 2.05. The molecule has 0 bridgehead atoms. The summed E-state index contributed by atoms with van der Waals surface area (Å²) in [6.45, 7) is 4.31. The van der Waals surface area contributed by atoms with Crippen molar-refractivity contribution in [3.8, 4) is 0 Å². The Bertz CT molecular complexity index is 576. The van der Waals surface area contributed by atoms with Crippen molar-refractivity contribution < 1.29 is 17.6 Å². The molecule has 120 valence electrons. The molecular formula is C13H23N3O4S. The number of amides is 1. The Morgan fingerprint density at radius 3 is 2.48 bits per heavy atom. The predicted octanol–water partition coefficient (Wildman–Crippen LogP) is 0.576. The number of nitrogens with two attached hydrogens (primary N) is 1. The molecule has 0 saturated carbocycles. The molecule has 0 aliphatic rings. The van der Waals surface area contributed by atoms with E-state index in [2.05, 4.69) is 10.0 Å². The van der Waals surface area contributed by atoms with Crippen LogP contribution in [-0.2, 0) is 16.6 Å². The van der Waals surface area contributed by atoms with Crippen LogP contribution in [0.1, 0.15) is 43.0 Å². The highest BCUT2D eigenvalue weighted by molar-refractivity contribution is 7.88. The van der Waals surface area contributed by atoms with Gasteiger partial charge in [-0.05, 0) is 25.0 Å². The summed E-state index contributed by atoms with van der Waals surface area (Å²) >= 11 is 0. The minimum atomic E-state index is -3.30. The Morgan fingerprint density at radius 2 is 1.95 bits per heavy atom. The van der Waals surface area contributed by atoms with Crippen molar-refractivity contribution in [2.24, 2.45) is 5.73 Å². The van der Waals surface area contributed by atoms with Gasteiger partial charge in [0, 0.05) is 12.1 Å². The Labute approximate surface area is 125 Å². The molecule has 0 radical (unpaired) electrons. The van der Waals surface area contributed by atoms with Gasteiger partial charge in [-0.1, -0.05) is 13.8 Å². The van der Waals surface area contributed by atoms with Gasteiger partial charge in [-0.3, -0.25) is 4.79 Å². The quantitative estimate of drug-likeness (QED) is 0.648. The SMILES string of the molecule is CCC(N)(CC)CNC(=O)c1ccc(CNS(C)(=O)=O)o1. The van der Waals surface area contributed by atoms with Crippen molar-refractivity contribution >= 4 is 15.9 Å². The molecule has 8 heteroatoms. The maximum Gasteiger partial charge on any atom is 0.287 e. The molecule has 0 unspecified atom stereocenters. The van der Waals surface area contributed by atoms with Crippen LogP contribution < -0.4 is 15.8 Å². The molecule has 0 fully saturated rings. The first kappa shape index (κ1) is 17.7. The van der Waals surface area contributed by atoms with Crippen molar-refractivity contribution in [3.05, 3.63) is 23.7 Å². The minimum absolute atomic E-state index is 0.0108. The molecule has 0 spiro atoms. The molecule has 1 rings (SSSR count). The fourth-order valence-electron chi connectivity index (χ4n) is 1.64. The Balaban J connectivity index is 2.58. The zero-order valence-electron chi connectivity index (χ0n) is 12.6. The summed E-state index contributed by atoms with van der Waals surface area (Å²) in [5, 5.41) is 2.73. The predicted molar refractivity (Wildman–Crippen MR) is 80.2 cm³/mol. The van der Waals surface area contributed by atoms with E-state index in [1.165, 1.54) is 6.07 Å². The molecule has 21 heavy (non-hydrogen) atoms. The number of nitrogens with one attached hydrogen (secondary N) is 2. The highest BCUT2D eigenvalue weighted by Gasteiger charge is 2.22. The number of hydrogen-bond acceptors (Lipinski definition) is 5. The van der Waals surface area contributed by atoms with Crippen LogP contribution in [0.3, 0.4) is 0 Å². The van der Waals surface area contributed by atoms with Crippen LogP contribution in [0.25, 0.3) is 0 Å². The topological polar surface area (TPSA) is 114 Å². The summed E-state index contributed by atoms with van der Waals surface area (Å²) in [5.74, 6) is 0.141. The normalized spacial score (nSPS) is 12.4. The van der Waals surface area contributed by atoms with Gasteiger partial charge in [0.25, 0.3) is 5.91 Å². The molecule has 1 aromatic heterocycles. The molecular weight excluding hydrogens is 294 g/mol. The molecule has 0 aliphatic carbocycles. The molecule has 0 aliphatic heterocycles. The van der Waals surface area contributed by atoms with Crippen LogP contribution in [-0.4, -0.2) is 32.7 Å². The third-order valence-electron chi connectivity index (χ3n) is 3.40. The van der Waals surface area contributed by atoms with Crippen molar-refractivity contribution in [1.82, 2.24) is 10.0 Å². The Hall–Kier alpha value is -1.38. The van der Waals surface area contributed by atoms with E-state index in [0.29, 0.717) is 12.3 Å². The van der Waals surface area contributed by atoms with E-state index in [1.807, 2.05) is 13.8 Å². The second-order valence-electron chi connectivity index (χ2n) is 5.11. The third-order valence-corrected chi connectivity index (χ3v) is 4.07. The highest BCUT2D eigenvalue weighted by atomic mass is 32.2. The third kappa shape index (κ3) is 5.86. The zero-order valence-corrected chi connectivity index (χ0v) is 13.4. The van der Waals surface area contributed by atoms with E-state index < -0.39 is 15.6 Å². The van der Waals surface area contributed by atoms with Crippen LogP contribution in [0.4, 0.5) is 0 Å². The van der Waals surface area contributed by atoms with E-state index >= 15 is 0 Å². The standard InChI is InChI=1S/C13H23N3O4S/c1-4-13(14,5-2)9-15-12(17)11-7-6-10(20-11)8-16-21(3,18)19/h6-7,16H,4-5,8-9,14H2,1-3H3,(H,15,17). The van der Waals surface area contributed by atoms with Crippen LogP contribution >= 0.6 is 0 Å². The first-order valence-electron chi connectivity index (χ1n) is 6.79. The second-order valence-corrected chi connectivity index (χ2v) is 6.94. The number of hydrogen-bond donors (Lipinski definition) is 3. The molecule has 1 aromatic rings. The molecule has 0 atom stereocenters. The first-order valence-corrected chi connectivity index (χ1v) is 8.68. The maximum absolute atomic E-state index is 11.9. The monoisotopic (exact) mass is 317 g/mol. The van der Waals surface area contributed by atoms with E-state index in [4.69, 9.17) is 10.2 Å². The van der Waals surface area contributed by atoms with Gasteiger partial charge in [-0.15, -0.1) is 0 Å². The number of carbonyl (C=O) groups is 1.